The Morgan fingerprint density at radius 1 is 1.16 bits per heavy atom. The van der Waals surface area contributed by atoms with E-state index in [4.69, 9.17) is 4.74 Å². The van der Waals surface area contributed by atoms with E-state index in [1.165, 1.54) is 0 Å². The average Bonchev–Trinajstić information content (AvgIpc) is 3.15. The first kappa shape index (κ1) is 15.1. The van der Waals surface area contributed by atoms with Gasteiger partial charge in [0.25, 0.3) is 0 Å². The summed E-state index contributed by atoms with van der Waals surface area (Å²) in [5.41, 5.74) is 4.01. The number of methoxy groups -OCH3 is 1. The largest absolute Gasteiger partial charge is 0.481 e. The number of fused-ring (bicyclic) bond motifs is 1. The van der Waals surface area contributed by atoms with Gasteiger partial charge in [0.15, 0.2) is 0 Å². The summed E-state index contributed by atoms with van der Waals surface area (Å²) in [7, 11) is 1.61. The van der Waals surface area contributed by atoms with E-state index in [2.05, 4.69) is 25.3 Å². The number of pyridine rings is 3. The molecule has 4 rings (SSSR count). The third kappa shape index (κ3) is 3.14. The summed E-state index contributed by atoms with van der Waals surface area (Å²) >= 11 is 0. The van der Waals surface area contributed by atoms with Crippen molar-refractivity contribution in [1.29, 1.82) is 0 Å². The highest BCUT2D eigenvalue weighted by Gasteiger charge is 2.10. The van der Waals surface area contributed by atoms with Crippen LogP contribution in [0.25, 0.3) is 22.2 Å². The molecule has 25 heavy (non-hydrogen) atoms. The monoisotopic (exact) mass is 331 g/mol. The Balaban J connectivity index is 1.69. The standard InChI is InChI=1S/C19H17N5O/c1-25-18-5-4-14(12-23-18)16-9-17(24-19-15(16)6-8-21-19)22-11-13-3-2-7-20-10-13/h2-10,12H,11H2,1H3,(H2,21,22,24). The molecule has 0 saturated heterocycles. The number of aromatic nitrogens is 4. The molecule has 4 heterocycles. The number of hydrogen-bond donors (Lipinski definition) is 2. The second-order valence-electron chi connectivity index (χ2n) is 5.60. The first-order valence-corrected chi connectivity index (χ1v) is 7.95. The van der Waals surface area contributed by atoms with E-state index in [1.807, 2.05) is 55.0 Å². The van der Waals surface area contributed by atoms with Crippen molar-refractivity contribution in [2.75, 3.05) is 12.4 Å². The summed E-state index contributed by atoms with van der Waals surface area (Å²) in [6.45, 7) is 0.660. The molecule has 0 aliphatic carbocycles. The molecule has 4 aromatic heterocycles. The molecule has 0 unspecified atom stereocenters. The van der Waals surface area contributed by atoms with Crippen LogP contribution in [0, 0.1) is 0 Å². The van der Waals surface area contributed by atoms with Crippen LogP contribution >= 0.6 is 0 Å². The van der Waals surface area contributed by atoms with E-state index in [-0.39, 0.29) is 0 Å². The van der Waals surface area contributed by atoms with Gasteiger partial charge in [0.05, 0.1) is 7.11 Å². The Morgan fingerprint density at radius 3 is 2.88 bits per heavy atom. The van der Waals surface area contributed by atoms with Crippen molar-refractivity contribution in [2.45, 2.75) is 6.54 Å². The summed E-state index contributed by atoms with van der Waals surface area (Å²) in [4.78, 5) is 16.3. The molecular formula is C19H17N5O. The quantitative estimate of drug-likeness (QED) is 0.584. The van der Waals surface area contributed by atoms with Gasteiger partial charge >= 0.3 is 0 Å². The molecule has 0 aromatic carbocycles. The molecule has 0 aliphatic rings. The van der Waals surface area contributed by atoms with Gasteiger partial charge in [-0.15, -0.1) is 0 Å². The molecular weight excluding hydrogens is 314 g/mol. The molecule has 0 bridgehead atoms. The number of nitrogens with zero attached hydrogens (tertiary/aromatic N) is 3. The molecule has 4 aromatic rings. The van der Waals surface area contributed by atoms with Gasteiger partial charge in [0.1, 0.15) is 11.5 Å². The van der Waals surface area contributed by atoms with Crippen LogP contribution in [-0.4, -0.2) is 27.0 Å². The van der Waals surface area contributed by atoms with Crippen molar-refractivity contribution in [3.05, 3.63) is 66.7 Å². The number of H-pyrrole nitrogens is 1. The predicted molar refractivity (Wildman–Crippen MR) is 97.4 cm³/mol. The Morgan fingerprint density at radius 2 is 2.12 bits per heavy atom. The van der Waals surface area contributed by atoms with Crippen molar-refractivity contribution < 1.29 is 4.74 Å². The molecule has 2 N–H and O–H groups in total. The minimum absolute atomic E-state index is 0.595. The summed E-state index contributed by atoms with van der Waals surface area (Å²) in [5, 5.41) is 4.41. The van der Waals surface area contributed by atoms with Gasteiger partial charge in [0.2, 0.25) is 5.88 Å². The van der Waals surface area contributed by atoms with Crippen molar-refractivity contribution in [1.82, 2.24) is 19.9 Å². The van der Waals surface area contributed by atoms with Crippen LogP contribution in [0.4, 0.5) is 5.82 Å². The summed E-state index contributed by atoms with van der Waals surface area (Å²) in [6.07, 6.45) is 7.31. The van der Waals surface area contributed by atoms with Crippen molar-refractivity contribution in [3.63, 3.8) is 0 Å². The zero-order chi connectivity index (χ0) is 17.1. The molecule has 124 valence electrons. The van der Waals surface area contributed by atoms with Gasteiger partial charge in [0, 0.05) is 48.3 Å². The van der Waals surface area contributed by atoms with Crippen LogP contribution in [0.2, 0.25) is 0 Å². The third-order valence-electron chi connectivity index (χ3n) is 3.98. The van der Waals surface area contributed by atoms with Crippen LogP contribution in [0.3, 0.4) is 0 Å². The summed E-state index contributed by atoms with van der Waals surface area (Å²) < 4.78 is 5.14. The van der Waals surface area contributed by atoms with E-state index in [1.54, 1.807) is 13.3 Å². The summed E-state index contributed by atoms with van der Waals surface area (Å²) in [5.74, 6) is 1.39. The van der Waals surface area contributed by atoms with Gasteiger partial charge < -0.3 is 15.0 Å². The number of ether oxygens (including phenoxy) is 1. The van der Waals surface area contributed by atoms with E-state index < -0.39 is 0 Å². The lowest BCUT2D eigenvalue weighted by molar-refractivity contribution is 0.398. The topological polar surface area (TPSA) is 75.7 Å². The fraction of sp³-hybridized carbons (Fsp3) is 0.105. The van der Waals surface area contributed by atoms with Gasteiger partial charge in [-0.25, -0.2) is 9.97 Å². The van der Waals surface area contributed by atoms with Crippen molar-refractivity contribution in [2.24, 2.45) is 0 Å². The zero-order valence-electron chi connectivity index (χ0n) is 13.7. The van der Waals surface area contributed by atoms with Crippen LogP contribution in [0.1, 0.15) is 5.56 Å². The second kappa shape index (κ2) is 6.60. The van der Waals surface area contributed by atoms with E-state index >= 15 is 0 Å². The Bertz CT molecular complexity index is 980. The second-order valence-corrected chi connectivity index (χ2v) is 5.60. The highest BCUT2D eigenvalue weighted by molar-refractivity contribution is 5.94. The van der Waals surface area contributed by atoms with Gasteiger partial charge in [-0.05, 0) is 35.4 Å². The molecule has 0 atom stereocenters. The maximum absolute atomic E-state index is 5.14. The maximum atomic E-state index is 5.14. The molecule has 0 aliphatic heterocycles. The third-order valence-corrected chi connectivity index (χ3v) is 3.98. The molecule has 0 fully saturated rings. The zero-order valence-corrected chi connectivity index (χ0v) is 13.7. The number of nitrogens with one attached hydrogen (secondary N) is 2. The number of rotatable bonds is 5. The molecule has 0 radical (unpaired) electrons. The van der Waals surface area contributed by atoms with Gasteiger partial charge in [-0.1, -0.05) is 6.07 Å². The Kier molecular flexibility index (Phi) is 4.00. The predicted octanol–water partition coefficient (Wildman–Crippen LogP) is 3.64. The van der Waals surface area contributed by atoms with Gasteiger partial charge in [-0.2, -0.15) is 0 Å². The Hall–Kier alpha value is -3.41. The highest BCUT2D eigenvalue weighted by Crippen LogP contribution is 2.30. The van der Waals surface area contributed by atoms with Crippen LogP contribution in [-0.2, 0) is 6.54 Å². The Labute approximate surface area is 144 Å². The highest BCUT2D eigenvalue weighted by atomic mass is 16.5. The van der Waals surface area contributed by atoms with E-state index in [0.717, 1.165) is 33.5 Å². The van der Waals surface area contributed by atoms with Crippen molar-refractivity contribution in [3.8, 4) is 17.0 Å². The molecule has 0 spiro atoms. The van der Waals surface area contributed by atoms with E-state index in [0.29, 0.717) is 12.4 Å². The minimum atomic E-state index is 0.595. The first-order valence-electron chi connectivity index (χ1n) is 7.95. The lowest BCUT2D eigenvalue weighted by Gasteiger charge is -2.10. The van der Waals surface area contributed by atoms with Crippen LogP contribution < -0.4 is 10.1 Å². The average molecular weight is 331 g/mol. The fourth-order valence-corrected chi connectivity index (χ4v) is 2.72. The normalized spacial score (nSPS) is 10.8. The SMILES string of the molecule is COc1ccc(-c2cc(NCc3cccnc3)nc3[nH]ccc23)cn1. The lowest BCUT2D eigenvalue weighted by Crippen LogP contribution is -2.02. The smallest absolute Gasteiger partial charge is 0.212 e. The maximum Gasteiger partial charge on any atom is 0.212 e. The first-order chi connectivity index (χ1) is 12.3. The van der Waals surface area contributed by atoms with Gasteiger partial charge in [-0.3, -0.25) is 4.98 Å². The lowest BCUT2D eigenvalue weighted by atomic mass is 10.1. The van der Waals surface area contributed by atoms with E-state index in [9.17, 15) is 0 Å². The molecule has 0 saturated carbocycles. The molecule has 6 heteroatoms. The molecule has 0 amide bonds. The fourth-order valence-electron chi connectivity index (χ4n) is 2.72. The number of aromatic amines is 1. The number of hydrogen-bond acceptors (Lipinski definition) is 5. The van der Waals surface area contributed by atoms with Crippen LogP contribution in [0.15, 0.2) is 61.2 Å². The van der Waals surface area contributed by atoms with Crippen LogP contribution in [0.5, 0.6) is 5.88 Å². The number of anilines is 1. The minimum Gasteiger partial charge on any atom is -0.481 e. The summed E-state index contributed by atoms with van der Waals surface area (Å²) in [6, 6.07) is 11.9. The molecule has 6 nitrogen and oxygen atoms in total. The van der Waals surface area contributed by atoms with Crippen molar-refractivity contribution >= 4 is 16.9 Å².